The summed E-state index contributed by atoms with van der Waals surface area (Å²) in [5.74, 6) is -0.428. The largest absolute Gasteiger partial charge is 0.333 e. The number of hydrogen-bond donors (Lipinski definition) is 2. The molecular weight excluding hydrogens is 392 g/mol. The number of carbonyl (C=O) groups is 2. The first-order valence-corrected chi connectivity index (χ1v) is 10.4. The van der Waals surface area contributed by atoms with Gasteiger partial charge in [-0.3, -0.25) is 15.0 Å². The Morgan fingerprint density at radius 3 is 2.33 bits per heavy atom. The molecule has 0 aromatic heterocycles. The Hall–Kier alpha value is -1.68. The fourth-order valence-corrected chi connectivity index (χ4v) is 4.37. The number of nitrogens with zero attached hydrogens (tertiary/aromatic N) is 2. The van der Waals surface area contributed by atoms with Gasteiger partial charge in [0.1, 0.15) is 0 Å². The highest BCUT2D eigenvalue weighted by molar-refractivity contribution is 7.89. The Balaban J connectivity index is 1.86. The zero-order valence-electron chi connectivity index (χ0n) is 15.7. The molecule has 0 bridgehead atoms. The van der Waals surface area contributed by atoms with Crippen LogP contribution in [0.15, 0.2) is 29.2 Å². The summed E-state index contributed by atoms with van der Waals surface area (Å²) >= 11 is 5.88. The number of hydrogen-bond acceptors (Lipinski definition) is 5. The van der Waals surface area contributed by atoms with Gasteiger partial charge in [0.2, 0.25) is 15.9 Å². The second kappa shape index (κ2) is 8.55. The van der Waals surface area contributed by atoms with E-state index in [-0.39, 0.29) is 24.5 Å². The van der Waals surface area contributed by atoms with Crippen molar-refractivity contribution in [2.75, 3.05) is 32.7 Å². The maximum absolute atomic E-state index is 12.7. The summed E-state index contributed by atoms with van der Waals surface area (Å²) in [4.78, 5) is 25.7. The number of benzene rings is 1. The van der Waals surface area contributed by atoms with E-state index in [0.717, 1.165) is 0 Å². The molecule has 1 aliphatic heterocycles. The van der Waals surface area contributed by atoms with Crippen LogP contribution in [0.25, 0.3) is 0 Å². The molecule has 8 nitrogen and oxygen atoms in total. The number of amides is 3. The molecule has 0 radical (unpaired) electrons. The van der Waals surface area contributed by atoms with Crippen molar-refractivity contribution in [2.24, 2.45) is 0 Å². The molecule has 0 aliphatic carbocycles. The Morgan fingerprint density at radius 1 is 1.15 bits per heavy atom. The molecule has 2 N–H and O–H groups in total. The monoisotopic (exact) mass is 416 g/mol. The second-order valence-corrected chi connectivity index (χ2v) is 9.76. The van der Waals surface area contributed by atoms with Crippen molar-refractivity contribution < 1.29 is 18.0 Å². The van der Waals surface area contributed by atoms with Gasteiger partial charge < -0.3 is 5.32 Å². The molecule has 1 aromatic carbocycles. The summed E-state index contributed by atoms with van der Waals surface area (Å²) in [7, 11) is -3.62. The number of imide groups is 1. The van der Waals surface area contributed by atoms with Crippen molar-refractivity contribution in [3.05, 3.63) is 29.3 Å². The normalized spacial score (nSPS) is 16.7. The Morgan fingerprint density at radius 2 is 1.78 bits per heavy atom. The zero-order valence-corrected chi connectivity index (χ0v) is 17.2. The maximum atomic E-state index is 12.7. The smallest absolute Gasteiger partial charge is 0.321 e. The highest BCUT2D eigenvalue weighted by Gasteiger charge is 2.29. The number of urea groups is 1. The third-order valence-corrected chi connectivity index (χ3v) is 6.00. The van der Waals surface area contributed by atoms with E-state index in [1.165, 1.54) is 16.4 Å². The maximum Gasteiger partial charge on any atom is 0.321 e. The first kappa shape index (κ1) is 21.6. The fraction of sp³-hybridized carbons (Fsp3) is 0.529. The van der Waals surface area contributed by atoms with E-state index in [1.54, 1.807) is 12.1 Å². The van der Waals surface area contributed by atoms with Crippen LogP contribution in [0.3, 0.4) is 0 Å². The molecule has 27 heavy (non-hydrogen) atoms. The topological polar surface area (TPSA) is 98.8 Å². The lowest BCUT2D eigenvalue weighted by atomic mass is 10.1. The van der Waals surface area contributed by atoms with Crippen molar-refractivity contribution in [3.63, 3.8) is 0 Å². The number of rotatable bonds is 4. The van der Waals surface area contributed by atoms with Gasteiger partial charge in [0.05, 0.1) is 11.4 Å². The molecule has 0 spiro atoms. The lowest BCUT2D eigenvalue weighted by Gasteiger charge is -2.33. The van der Waals surface area contributed by atoms with Gasteiger partial charge in [-0.1, -0.05) is 17.7 Å². The lowest BCUT2D eigenvalue weighted by molar-refractivity contribution is -0.121. The first-order chi connectivity index (χ1) is 12.5. The molecule has 0 atom stereocenters. The van der Waals surface area contributed by atoms with Gasteiger partial charge in [-0.05, 0) is 39.0 Å². The van der Waals surface area contributed by atoms with Crippen LogP contribution < -0.4 is 10.6 Å². The summed E-state index contributed by atoms with van der Waals surface area (Å²) in [5.41, 5.74) is -0.440. The number of carbonyl (C=O) groups excluding carboxylic acids is 2. The average Bonchev–Trinajstić information content (AvgIpc) is 2.53. The van der Waals surface area contributed by atoms with Crippen LogP contribution >= 0.6 is 11.6 Å². The summed E-state index contributed by atoms with van der Waals surface area (Å²) in [6, 6.07) is 5.60. The number of piperazine rings is 1. The Bertz CT molecular complexity index is 799. The van der Waals surface area contributed by atoms with Gasteiger partial charge in [0.15, 0.2) is 0 Å². The Labute approximate surface area is 164 Å². The number of sulfonamides is 1. The van der Waals surface area contributed by atoms with Gasteiger partial charge in [0.25, 0.3) is 0 Å². The predicted molar refractivity (Wildman–Crippen MR) is 103 cm³/mol. The molecule has 3 amide bonds. The van der Waals surface area contributed by atoms with Crippen LogP contribution in [0.4, 0.5) is 4.79 Å². The minimum absolute atomic E-state index is 0.0304. The third kappa shape index (κ3) is 6.46. The van der Waals surface area contributed by atoms with Crippen molar-refractivity contribution in [2.45, 2.75) is 31.2 Å². The molecule has 1 fully saturated rings. The van der Waals surface area contributed by atoms with E-state index < -0.39 is 27.5 Å². The SMILES string of the molecule is CC(C)(C)NC(=O)NC(=O)CN1CCN(S(=O)(=O)c2cccc(Cl)c2)CC1. The fourth-order valence-electron chi connectivity index (χ4n) is 2.65. The van der Waals surface area contributed by atoms with Crippen molar-refractivity contribution >= 4 is 33.6 Å². The standard InChI is InChI=1S/C17H25ClN4O4S/c1-17(2,3)20-16(24)19-15(23)12-21-7-9-22(10-8-21)27(25,26)14-6-4-5-13(18)11-14/h4-6,11H,7-10,12H2,1-3H3,(H2,19,20,23,24). The number of halogens is 1. The van der Waals surface area contributed by atoms with E-state index in [1.807, 2.05) is 25.7 Å². The second-order valence-electron chi connectivity index (χ2n) is 7.39. The molecule has 1 aromatic rings. The summed E-state index contributed by atoms with van der Waals surface area (Å²) in [5, 5.41) is 5.29. The highest BCUT2D eigenvalue weighted by atomic mass is 35.5. The quantitative estimate of drug-likeness (QED) is 0.770. The zero-order chi connectivity index (χ0) is 20.2. The molecule has 1 saturated heterocycles. The van der Waals surface area contributed by atoms with Crippen LogP contribution in [-0.2, 0) is 14.8 Å². The van der Waals surface area contributed by atoms with Crippen LogP contribution in [0, 0.1) is 0 Å². The summed E-state index contributed by atoms with van der Waals surface area (Å²) in [6.45, 7) is 6.79. The average molecular weight is 417 g/mol. The summed E-state index contributed by atoms with van der Waals surface area (Å²) < 4.78 is 26.7. The van der Waals surface area contributed by atoms with Crippen molar-refractivity contribution in [3.8, 4) is 0 Å². The van der Waals surface area contributed by atoms with Gasteiger partial charge in [0, 0.05) is 36.7 Å². The van der Waals surface area contributed by atoms with Crippen LogP contribution in [0.1, 0.15) is 20.8 Å². The van der Waals surface area contributed by atoms with Gasteiger partial charge >= 0.3 is 6.03 Å². The molecule has 0 unspecified atom stereocenters. The van der Waals surface area contributed by atoms with E-state index in [4.69, 9.17) is 11.6 Å². The third-order valence-electron chi connectivity index (χ3n) is 3.87. The van der Waals surface area contributed by atoms with Crippen LogP contribution in [0.2, 0.25) is 5.02 Å². The van der Waals surface area contributed by atoms with Crippen molar-refractivity contribution in [1.29, 1.82) is 0 Å². The Kier molecular flexibility index (Phi) is 6.85. The molecular formula is C17H25ClN4O4S. The number of nitrogens with one attached hydrogen (secondary N) is 2. The van der Waals surface area contributed by atoms with E-state index in [2.05, 4.69) is 10.6 Å². The molecule has 2 rings (SSSR count). The van der Waals surface area contributed by atoms with Gasteiger partial charge in [-0.2, -0.15) is 4.31 Å². The summed E-state index contributed by atoms with van der Waals surface area (Å²) in [6.07, 6.45) is 0. The molecule has 1 aliphatic rings. The van der Waals surface area contributed by atoms with E-state index in [9.17, 15) is 18.0 Å². The highest BCUT2D eigenvalue weighted by Crippen LogP contribution is 2.20. The minimum Gasteiger partial charge on any atom is -0.333 e. The van der Waals surface area contributed by atoms with E-state index in [0.29, 0.717) is 18.1 Å². The van der Waals surface area contributed by atoms with Crippen LogP contribution in [0.5, 0.6) is 0 Å². The molecule has 150 valence electrons. The molecule has 10 heteroatoms. The first-order valence-electron chi connectivity index (χ1n) is 8.57. The lowest BCUT2D eigenvalue weighted by Crippen LogP contribution is -2.53. The van der Waals surface area contributed by atoms with Crippen LogP contribution in [-0.4, -0.2) is 67.8 Å². The van der Waals surface area contributed by atoms with Gasteiger partial charge in [-0.15, -0.1) is 0 Å². The van der Waals surface area contributed by atoms with Gasteiger partial charge in [-0.25, -0.2) is 13.2 Å². The molecule has 0 saturated carbocycles. The predicted octanol–water partition coefficient (Wildman–Crippen LogP) is 1.27. The van der Waals surface area contributed by atoms with Crippen molar-refractivity contribution in [1.82, 2.24) is 19.8 Å². The minimum atomic E-state index is -3.62. The van der Waals surface area contributed by atoms with E-state index >= 15 is 0 Å². The molecule has 1 heterocycles.